The van der Waals surface area contributed by atoms with Crippen molar-refractivity contribution in [2.75, 3.05) is 6.01 Å². The Kier molecular flexibility index (Phi) is 3.41. The van der Waals surface area contributed by atoms with E-state index in [4.69, 9.17) is 0 Å². The molecule has 0 amide bonds. The Labute approximate surface area is 116 Å². The van der Waals surface area contributed by atoms with E-state index in [1.807, 2.05) is 0 Å². The molecule has 0 saturated heterocycles. The summed E-state index contributed by atoms with van der Waals surface area (Å²) in [5, 5.41) is 3.99. The van der Waals surface area contributed by atoms with Crippen molar-refractivity contribution in [2.45, 2.75) is 23.8 Å². The average Bonchev–Trinajstić information content (AvgIpc) is 2.92. The molecule has 0 spiro atoms. The molecule has 2 unspecified atom stereocenters. The lowest BCUT2D eigenvalue weighted by Crippen LogP contribution is -2.11. The Balaban J connectivity index is 2.06. The van der Waals surface area contributed by atoms with Crippen LogP contribution in [0.15, 0.2) is 23.4 Å². The zero-order valence-corrected chi connectivity index (χ0v) is 10.9. The van der Waals surface area contributed by atoms with Gasteiger partial charge in [-0.05, 0) is 12.1 Å². The number of benzene rings is 1. The van der Waals surface area contributed by atoms with Gasteiger partial charge in [0.05, 0.1) is 6.04 Å². The molecule has 1 aliphatic heterocycles. The van der Waals surface area contributed by atoms with Gasteiger partial charge in [-0.3, -0.25) is 0 Å². The molecule has 0 aliphatic carbocycles. The minimum absolute atomic E-state index is 0.0198. The van der Waals surface area contributed by atoms with Gasteiger partial charge in [-0.15, -0.1) is 5.10 Å². The maximum absolute atomic E-state index is 13.9. The summed E-state index contributed by atoms with van der Waals surface area (Å²) >= 11 is 0.703. The normalized spacial score (nSPS) is 21.2. The van der Waals surface area contributed by atoms with Gasteiger partial charge in [0.15, 0.2) is 12.0 Å². The van der Waals surface area contributed by atoms with Gasteiger partial charge in [0.1, 0.15) is 17.6 Å². The molecule has 20 heavy (non-hydrogen) atoms. The minimum atomic E-state index is -1.47. The van der Waals surface area contributed by atoms with Crippen LogP contribution in [0.3, 0.4) is 0 Å². The Morgan fingerprint density at radius 3 is 2.65 bits per heavy atom. The monoisotopic (exact) mass is 303 g/mol. The van der Waals surface area contributed by atoms with Gasteiger partial charge in [0.2, 0.25) is 5.16 Å². The first-order chi connectivity index (χ1) is 9.61. The summed E-state index contributed by atoms with van der Waals surface area (Å²) in [5.41, 5.74) is -0.240. The summed E-state index contributed by atoms with van der Waals surface area (Å²) in [5.74, 6) is -1.54. The lowest BCUT2D eigenvalue weighted by Gasteiger charge is -2.13. The molecule has 2 atom stereocenters. The predicted molar refractivity (Wildman–Crippen MR) is 64.8 cm³/mol. The molecule has 1 aromatic carbocycles. The van der Waals surface area contributed by atoms with Crippen LogP contribution in [0.25, 0.3) is 0 Å². The minimum Gasteiger partial charge on any atom is -0.239 e. The van der Waals surface area contributed by atoms with Gasteiger partial charge in [0, 0.05) is 12.0 Å². The fraction of sp³-hybridized carbons (Fsp3) is 0.333. The molecule has 0 bridgehead atoms. The molecule has 2 aromatic rings. The quantitative estimate of drug-likeness (QED) is 0.641. The predicted octanol–water partition coefficient (Wildman–Crippen LogP) is 3.58. The van der Waals surface area contributed by atoms with E-state index in [1.54, 1.807) is 0 Å². The zero-order chi connectivity index (χ0) is 14.3. The van der Waals surface area contributed by atoms with Crippen LogP contribution in [0.2, 0.25) is 0 Å². The molecule has 0 fully saturated rings. The van der Waals surface area contributed by atoms with E-state index in [9.17, 15) is 17.6 Å². The number of nitrogens with zero attached hydrogens (tertiary/aromatic N) is 3. The fourth-order valence-corrected chi connectivity index (χ4v) is 2.74. The van der Waals surface area contributed by atoms with Crippen LogP contribution in [0, 0.1) is 11.6 Å². The molecule has 106 valence electrons. The van der Waals surface area contributed by atoms with Gasteiger partial charge in [-0.1, -0.05) is 17.8 Å². The molecule has 8 heteroatoms. The summed E-state index contributed by atoms with van der Waals surface area (Å²) in [7, 11) is 0. The van der Waals surface area contributed by atoms with Gasteiger partial charge in [0.25, 0.3) is 0 Å². The van der Waals surface area contributed by atoms with Crippen molar-refractivity contribution in [3.05, 3.63) is 41.2 Å². The van der Waals surface area contributed by atoms with E-state index >= 15 is 0 Å². The van der Waals surface area contributed by atoms with Gasteiger partial charge in [-0.25, -0.2) is 27.2 Å². The maximum atomic E-state index is 13.9. The molecule has 0 saturated carbocycles. The van der Waals surface area contributed by atoms with Gasteiger partial charge >= 0.3 is 0 Å². The number of hydrogen-bond acceptors (Lipinski definition) is 3. The van der Waals surface area contributed by atoms with Crippen molar-refractivity contribution >= 4 is 11.8 Å². The molecule has 0 radical (unpaired) electrons. The summed E-state index contributed by atoms with van der Waals surface area (Å²) in [6.45, 7) is 0. The van der Waals surface area contributed by atoms with Crippen LogP contribution in [-0.4, -0.2) is 20.8 Å². The Hall–Kier alpha value is -1.57. The average molecular weight is 303 g/mol. The number of hydrogen-bond donors (Lipinski definition) is 0. The Morgan fingerprint density at radius 1 is 1.30 bits per heavy atom. The topological polar surface area (TPSA) is 30.7 Å². The van der Waals surface area contributed by atoms with Crippen molar-refractivity contribution in [1.29, 1.82) is 0 Å². The van der Waals surface area contributed by atoms with Crippen LogP contribution >= 0.6 is 11.8 Å². The van der Waals surface area contributed by atoms with Gasteiger partial charge < -0.3 is 0 Å². The first-order valence-corrected chi connectivity index (χ1v) is 6.83. The van der Waals surface area contributed by atoms with E-state index in [2.05, 4.69) is 10.1 Å². The number of fused-ring (bicyclic) bond motifs is 1. The highest BCUT2D eigenvalue weighted by Gasteiger charge is 2.38. The van der Waals surface area contributed by atoms with Crippen LogP contribution in [0.4, 0.5) is 17.6 Å². The molecule has 3 nitrogen and oxygen atoms in total. The van der Waals surface area contributed by atoms with E-state index in [0.717, 1.165) is 16.8 Å². The van der Waals surface area contributed by atoms with E-state index in [1.165, 1.54) is 6.07 Å². The number of rotatable bonds is 3. The number of alkyl halides is 2. The number of halogens is 4. The molecular formula is C12H9F4N3S. The molecular weight excluding hydrogens is 294 g/mol. The van der Waals surface area contributed by atoms with Gasteiger partial charge in [-0.2, -0.15) is 0 Å². The van der Waals surface area contributed by atoms with Crippen molar-refractivity contribution in [2.24, 2.45) is 0 Å². The molecule has 1 aliphatic rings. The second-order valence-corrected chi connectivity index (χ2v) is 5.18. The first-order valence-electron chi connectivity index (χ1n) is 5.85. The lowest BCUT2D eigenvalue weighted by molar-refractivity contribution is 0.323. The Bertz CT molecular complexity index is 625. The summed E-state index contributed by atoms with van der Waals surface area (Å²) in [6, 6.07) is 1.81. The van der Waals surface area contributed by atoms with Crippen molar-refractivity contribution in [3.8, 4) is 0 Å². The maximum Gasteiger partial charge on any atom is 0.211 e. The highest BCUT2D eigenvalue weighted by atomic mass is 32.2. The van der Waals surface area contributed by atoms with Crippen LogP contribution in [0.5, 0.6) is 0 Å². The smallest absolute Gasteiger partial charge is 0.211 e. The molecule has 0 N–H and O–H groups in total. The largest absolute Gasteiger partial charge is 0.239 e. The number of aromatic nitrogens is 3. The third-order valence-electron chi connectivity index (χ3n) is 3.16. The molecule has 1 aromatic heterocycles. The van der Waals surface area contributed by atoms with Crippen LogP contribution in [0.1, 0.15) is 30.0 Å². The molecule has 2 heterocycles. The fourth-order valence-electron chi connectivity index (χ4n) is 2.34. The lowest BCUT2D eigenvalue weighted by atomic mass is 10.0. The first kappa shape index (κ1) is 13.4. The SMILES string of the molecule is FCSc1nc2n(n1)C(c1c(F)cccc1F)CC2F. The third-order valence-corrected chi connectivity index (χ3v) is 3.70. The van der Waals surface area contributed by atoms with Crippen LogP contribution < -0.4 is 0 Å². The van der Waals surface area contributed by atoms with Crippen molar-refractivity contribution in [1.82, 2.24) is 14.8 Å². The summed E-state index contributed by atoms with van der Waals surface area (Å²) < 4.78 is 54.9. The third kappa shape index (κ3) is 2.07. The summed E-state index contributed by atoms with van der Waals surface area (Å²) in [6.07, 6.45) is -1.60. The van der Waals surface area contributed by atoms with Crippen molar-refractivity contribution in [3.63, 3.8) is 0 Å². The highest BCUT2D eigenvalue weighted by Crippen LogP contribution is 2.41. The number of thioether (sulfide) groups is 1. The summed E-state index contributed by atoms with van der Waals surface area (Å²) in [4.78, 5) is 3.85. The van der Waals surface area contributed by atoms with E-state index in [0.29, 0.717) is 11.8 Å². The zero-order valence-electron chi connectivity index (χ0n) is 10.1. The van der Waals surface area contributed by atoms with E-state index in [-0.39, 0.29) is 23.0 Å². The Morgan fingerprint density at radius 2 is 2.00 bits per heavy atom. The highest BCUT2D eigenvalue weighted by molar-refractivity contribution is 7.98. The molecule has 3 rings (SSSR count). The second kappa shape index (κ2) is 5.08. The standard InChI is InChI=1S/C12H9F4N3S/c13-5-20-12-17-11-8(16)4-9(19(11)18-12)10-6(14)2-1-3-7(10)15/h1-3,8-9H,4-5H2. The van der Waals surface area contributed by atoms with Crippen molar-refractivity contribution < 1.29 is 17.6 Å². The van der Waals surface area contributed by atoms with E-state index < -0.39 is 29.9 Å². The van der Waals surface area contributed by atoms with Crippen LogP contribution in [-0.2, 0) is 0 Å². The second-order valence-electron chi connectivity index (χ2n) is 4.30.